The Hall–Kier alpha value is -3.33. The standard InChI is InChI=1S/C25H28BrN3O5/c1-15(2)21(28-25(32)34-14-16-8-5-4-6-9-16)24(31)29-23-18(12-13-20(30)33-3)17-10-7-11-19(26)22(17)27-23/h4-11,15,21,27H,12-14H2,1-3H3,(H,28,32)(H,29,31)/t21-/m0/s1. The number of aromatic nitrogens is 1. The van der Waals surface area contributed by atoms with E-state index in [2.05, 4.69) is 31.5 Å². The van der Waals surface area contributed by atoms with Crippen LogP contribution in [0, 0.1) is 5.92 Å². The molecule has 0 fully saturated rings. The number of hydrogen-bond donors (Lipinski definition) is 3. The molecule has 8 nitrogen and oxygen atoms in total. The predicted molar refractivity (Wildman–Crippen MR) is 133 cm³/mol. The number of hydrogen-bond acceptors (Lipinski definition) is 5. The first-order chi connectivity index (χ1) is 16.3. The lowest BCUT2D eigenvalue weighted by molar-refractivity contribution is -0.140. The number of esters is 1. The number of para-hydroxylation sites is 1. The molecular formula is C25H28BrN3O5. The van der Waals surface area contributed by atoms with Crippen LogP contribution in [0.25, 0.3) is 10.9 Å². The number of rotatable bonds is 9. The van der Waals surface area contributed by atoms with E-state index in [1.807, 2.05) is 62.4 Å². The van der Waals surface area contributed by atoms with Crippen LogP contribution in [0.3, 0.4) is 0 Å². The third-order valence-corrected chi connectivity index (χ3v) is 6.04. The van der Waals surface area contributed by atoms with E-state index in [-0.39, 0.29) is 24.9 Å². The van der Waals surface area contributed by atoms with Gasteiger partial charge < -0.3 is 25.1 Å². The molecule has 1 aromatic heterocycles. The molecule has 0 aliphatic heterocycles. The van der Waals surface area contributed by atoms with Crippen LogP contribution in [-0.4, -0.2) is 36.1 Å². The summed E-state index contributed by atoms with van der Waals surface area (Å²) in [5.74, 6) is -0.460. The number of carbonyl (C=O) groups excluding carboxylic acids is 3. The SMILES string of the molecule is COC(=O)CCc1c(NC(=O)[C@@H](NC(=O)OCc2ccccc2)C(C)C)[nH]c2c(Br)cccc12. The van der Waals surface area contributed by atoms with Gasteiger partial charge in [0.15, 0.2) is 0 Å². The largest absolute Gasteiger partial charge is 0.469 e. The van der Waals surface area contributed by atoms with Crippen LogP contribution in [0.1, 0.15) is 31.4 Å². The number of H-pyrrole nitrogens is 1. The summed E-state index contributed by atoms with van der Waals surface area (Å²) in [5.41, 5.74) is 2.43. The Labute approximate surface area is 206 Å². The number of nitrogens with one attached hydrogen (secondary N) is 3. The van der Waals surface area contributed by atoms with Crippen molar-refractivity contribution in [2.45, 2.75) is 39.3 Å². The number of fused-ring (bicyclic) bond motifs is 1. The fourth-order valence-corrected chi connectivity index (χ4v) is 4.03. The first-order valence-electron chi connectivity index (χ1n) is 10.9. The smallest absolute Gasteiger partial charge is 0.408 e. The topological polar surface area (TPSA) is 110 Å². The van der Waals surface area contributed by atoms with Crippen LogP contribution in [0.2, 0.25) is 0 Å². The van der Waals surface area contributed by atoms with Crippen molar-refractivity contribution >= 4 is 50.6 Å². The molecule has 0 aliphatic carbocycles. The van der Waals surface area contributed by atoms with Gasteiger partial charge in [0.25, 0.3) is 0 Å². The van der Waals surface area contributed by atoms with E-state index in [1.165, 1.54) is 7.11 Å². The van der Waals surface area contributed by atoms with Crippen molar-refractivity contribution < 1.29 is 23.9 Å². The summed E-state index contributed by atoms with van der Waals surface area (Å²) in [5, 5.41) is 6.43. The van der Waals surface area contributed by atoms with Gasteiger partial charge in [-0.25, -0.2) is 4.79 Å². The fourth-order valence-electron chi connectivity index (χ4n) is 3.56. The highest BCUT2D eigenvalue weighted by molar-refractivity contribution is 9.10. The minimum atomic E-state index is -0.827. The van der Waals surface area contributed by atoms with Crippen LogP contribution >= 0.6 is 15.9 Å². The lowest BCUT2D eigenvalue weighted by atomic mass is 10.0. The zero-order chi connectivity index (χ0) is 24.7. The number of amides is 2. The number of methoxy groups -OCH3 is 1. The number of aromatic amines is 1. The molecule has 0 saturated heterocycles. The lowest BCUT2D eigenvalue weighted by Gasteiger charge is -2.21. The summed E-state index contributed by atoms with van der Waals surface area (Å²) in [7, 11) is 1.34. The summed E-state index contributed by atoms with van der Waals surface area (Å²) in [6.45, 7) is 3.77. The minimum absolute atomic E-state index is 0.104. The molecule has 0 saturated carbocycles. The van der Waals surface area contributed by atoms with Gasteiger partial charge in [-0.3, -0.25) is 9.59 Å². The second-order valence-corrected chi connectivity index (χ2v) is 8.99. The van der Waals surface area contributed by atoms with Gasteiger partial charge in [-0.1, -0.05) is 56.3 Å². The Balaban J connectivity index is 1.75. The molecule has 0 spiro atoms. The molecule has 2 amide bonds. The molecule has 0 radical (unpaired) electrons. The first-order valence-corrected chi connectivity index (χ1v) is 11.7. The summed E-state index contributed by atoms with van der Waals surface area (Å²) in [6, 6.07) is 14.2. The molecule has 180 valence electrons. The highest BCUT2D eigenvalue weighted by Crippen LogP contribution is 2.32. The maximum absolute atomic E-state index is 13.2. The third kappa shape index (κ3) is 6.38. The Morgan fingerprint density at radius 1 is 1.06 bits per heavy atom. The average Bonchev–Trinajstić information content (AvgIpc) is 3.18. The number of anilines is 1. The number of halogens is 1. The molecule has 0 bridgehead atoms. The van der Waals surface area contributed by atoms with Gasteiger partial charge >= 0.3 is 12.1 Å². The van der Waals surface area contributed by atoms with Gasteiger partial charge in [0, 0.05) is 21.8 Å². The van der Waals surface area contributed by atoms with Crippen molar-refractivity contribution in [1.29, 1.82) is 0 Å². The van der Waals surface area contributed by atoms with E-state index in [0.29, 0.717) is 12.2 Å². The molecule has 9 heteroatoms. The molecule has 3 aromatic rings. The molecule has 3 N–H and O–H groups in total. The van der Waals surface area contributed by atoms with Crippen molar-refractivity contribution in [1.82, 2.24) is 10.3 Å². The van der Waals surface area contributed by atoms with E-state index in [0.717, 1.165) is 26.5 Å². The molecule has 0 aliphatic rings. The van der Waals surface area contributed by atoms with Gasteiger partial charge in [-0.05, 0) is 39.9 Å². The Kier molecular flexibility index (Phi) is 8.70. The minimum Gasteiger partial charge on any atom is -0.469 e. The number of ether oxygens (including phenoxy) is 2. The van der Waals surface area contributed by atoms with Crippen LogP contribution in [0.4, 0.5) is 10.6 Å². The number of benzene rings is 2. The van der Waals surface area contributed by atoms with Crippen molar-refractivity contribution in [3.05, 3.63) is 64.1 Å². The average molecular weight is 530 g/mol. The second kappa shape index (κ2) is 11.7. The van der Waals surface area contributed by atoms with E-state index >= 15 is 0 Å². The number of aryl methyl sites for hydroxylation is 1. The molecule has 1 heterocycles. The van der Waals surface area contributed by atoms with E-state index in [9.17, 15) is 14.4 Å². The van der Waals surface area contributed by atoms with Crippen LogP contribution in [0.5, 0.6) is 0 Å². The molecule has 34 heavy (non-hydrogen) atoms. The first kappa shape index (κ1) is 25.3. The third-order valence-electron chi connectivity index (χ3n) is 5.38. The van der Waals surface area contributed by atoms with Gasteiger partial charge in [0.1, 0.15) is 18.5 Å². The quantitative estimate of drug-likeness (QED) is 0.340. The summed E-state index contributed by atoms with van der Waals surface area (Å²) in [4.78, 5) is 40.5. The zero-order valence-corrected chi connectivity index (χ0v) is 20.9. The molecule has 0 unspecified atom stereocenters. The molecule has 1 atom stereocenters. The van der Waals surface area contributed by atoms with Gasteiger partial charge in [-0.2, -0.15) is 0 Å². The number of alkyl carbamates (subject to hydrolysis) is 1. The monoisotopic (exact) mass is 529 g/mol. The van der Waals surface area contributed by atoms with Crippen LogP contribution in [0.15, 0.2) is 53.0 Å². The highest BCUT2D eigenvalue weighted by atomic mass is 79.9. The highest BCUT2D eigenvalue weighted by Gasteiger charge is 2.27. The summed E-state index contributed by atoms with van der Waals surface area (Å²) < 4.78 is 10.9. The van der Waals surface area contributed by atoms with Crippen LogP contribution in [-0.2, 0) is 32.1 Å². The number of carbonyl (C=O) groups is 3. The molecular weight excluding hydrogens is 502 g/mol. The molecule has 2 aromatic carbocycles. The normalized spacial score (nSPS) is 11.8. The van der Waals surface area contributed by atoms with Crippen LogP contribution < -0.4 is 10.6 Å². The lowest BCUT2D eigenvalue weighted by Crippen LogP contribution is -2.47. The second-order valence-electron chi connectivity index (χ2n) is 8.13. The van der Waals surface area contributed by atoms with E-state index in [4.69, 9.17) is 9.47 Å². The van der Waals surface area contributed by atoms with E-state index < -0.39 is 18.0 Å². The maximum Gasteiger partial charge on any atom is 0.408 e. The maximum atomic E-state index is 13.2. The Morgan fingerprint density at radius 2 is 1.79 bits per heavy atom. The Morgan fingerprint density at radius 3 is 2.47 bits per heavy atom. The van der Waals surface area contributed by atoms with Crippen molar-refractivity contribution in [3.63, 3.8) is 0 Å². The Bertz CT molecular complexity index is 1160. The predicted octanol–water partition coefficient (Wildman–Crippen LogP) is 4.93. The van der Waals surface area contributed by atoms with Gasteiger partial charge in [-0.15, -0.1) is 0 Å². The van der Waals surface area contributed by atoms with E-state index in [1.54, 1.807) is 0 Å². The zero-order valence-electron chi connectivity index (χ0n) is 19.3. The summed E-state index contributed by atoms with van der Waals surface area (Å²) >= 11 is 3.52. The fraction of sp³-hybridized carbons (Fsp3) is 0.320. The summed E-state index contributed by atoms with van der Waals surface area (Å²) in [6.07, 6.45) is -0.142. The van der Waals surface area contributed by atoms with Gasteiger partial charge in [0.2, 0.25) is 5.91 Å². The van der Waals surface area contributed by atoms with Crippen molar-refractivity contribution in [2.75, 3.05) is 12.4 Å². The molecule has 3 rings (SSSR count). The van der Waals surface area contributed by atoms with Gasteiger partial charge in [0.05, 0.1) is 12.6 Å². The van der Waals surface area contributed by atoms with Crippen molar-refractivity contribution in [3.8, 4) is 0 Å². The van der Waals surface area contributed by atoms with Crippen molar-refractivity contribution in [2.24, 2.45) is 5.92 Å².